The molecular formula is C43H82O6. The highest BCUT2D eigenvalue weighted by atomic mass is 16.6. The highest BCUT2D eigenvalue weighted by Gasteiger charge is 2.19. The first-order valence-corrected chi connectivity index (χ1v) is 21.2. The van der Waals surface area contributed by atoms with Crippen molar-refractivity contribution < 1.29 is 28.6 Å². The van der Waals surface area contributed by atoms with Gasteiger partial charge in [-0.2, -0.15) is 0 Å². The van der Waals surface area contributed by atoms with E-state index < -0.39 is 6.10 Å². The van der Waals surface area contributed by atoms with Crippen LogP contribution in [-0.2, 0) is 28.6 Å². The second-order valence-corrected chi connectivity index (χ2v) is 15.6. The van der Waals surface area contributed by atoms with Crippen LogP contribution >= 0.6 is 0 Å². The van der Waals surface area contributed by atoms with Gasteiger partial charge in [0.25, 0.3) is 0 Å². The van der Waals surface area contributed by atoms with E-state index in [0.717, 1.165) is 76.0 Å². The molecule has 0 aromatic heterocycles. The van der Waals surface area contributed by atoms with Crippen LogP contribution < -0.4 is 0 Å². The zero-order valence-corrected chi connectivity index (χ0v) is 33.3. The Kier molecular flexibility index (Phi) is 35.0. The average Bonchev–Trinajstić information content (AvgIpc) is 3.06. The Morgan fingerprint density at radius 1 is 0.388 bits per heavy atom. The van der Waals surface area contributed by atoms with Gasteiger partial charge in [0.05, 0.1) is 0 Å². The summed E-state index contributed by atoms with van der Waals surface area (Å²) in [5.74, 6) is 0.758. The molecule has 0 unspecified atom stereocenters. The summed E-state index contributed by atoms with van der Waals surface area (Å²) in [7, 11) is 0. The van der Waals surface area contributed by atoms with Gasteiger partial charge in [0.1, 0.15) is 13.2 Å². The van der Waals surface area contributed by atoms with Gasteiger partial charge < -0.3 is 14.2 Å². The Labute approximate surface area is 304 Å². The fourth-order valence-corrected chi connectivity index (χ4v) is 6.22. The molecule has 0 spiro atoms. The lowest BCUT2D eigenvalue weighted by Gasteiger charge is -2.18. The lowest BCUT2D eigenvalue weighted by Crippen LogP contribution is -2.30. The van der Waals surface area contributed by atoms with Crippen molar-refractivity contribution >= 4 is 17.9 Å². The van der Waals surface area contributed by atoms with Crippen LogP contribution in [0.25, 0.3) is 0 Å². The molecule has 0 aromatic carbocycles. The molecule has 0 aromatic rings. The normalized spacial score (nSPS) is 12.1. The van der Waals surface area contributed by atoms with Gasteiger partial charge in [-0.05, 0) is 31.1 Å². The van der Waals surface area contributed by atoms with Gasteiger partial charge in [-0.3, -0.25) is 14.4 Å². The molecule has 49 heavy (non-hydrogen) atoms. The number of carbonyl (C=O) groups excluding carboxylic acids is 3. The molecule has 0 fully saturated rings. The van der Waals surface area contributed by atoms with Crippen LogP contribution in [0.3, 0.4) is 0 Å². The maximum atomic E-state index is 12.6. The van der Waals surface area contributed by atoms with E-state index in [1.54, 1.807) is 0 Å². The molecule has 0 aliphatic carbocycles. The van der Waals surface area contributed by atoms with E-state index >= 15 is 0 Å². The second-order valence-electron chi connectivity index (χ2n) is 15.6. The number of unbranched alkanes of at least 4 members (excludes halogenated alkanes) is 22. The van der Waals surface area contributed by atoms with E-state index in [2.05, 4.69) is 34.6 Å². The first-order valence-electron chi connectivity index (χ1n) is 21.2. The Bertz CT molecular complexity index is 749. The molecule has 0 rings (SSSR count). The van der Waals surface area contributed by atoms with Crippen LogP contribution in [0, 0.1) is 11.8 Å². The SMILES string of the molecule is CCCCCCCC(=O)OC[C@@H](COC(=O)CCCCCCCCCCCC(C)C)OC(=O)CCCCCCCCCCCCCC(C)C. The third kappa shape index (κ3) is 37.5. The van der Waals surface area contributed by atoms with Crippen molar-refractivity contribution in [2.45, 2.75) is 233 Å². The third-order valence-corrected chi connectivity index (χ3v) is 9.47. The Morgan fingerprint density at radius 3 is 1.00 bits per heavy atom. The molecule has 6 nitrogen and oxygen atoms in total. The Balaban J connectivity index is 4.23. The molecular weight excluding hydrogens is 612 g/mol. The summed E-state index contributed by atoms with van der Waals surface area (Å²) in [4.78, 5) is 37.4. The van der Waals surface area contributed by atoms with Crippen molar-refractivity contribution in [2.24, 2.45) is 11.8 Å². The molecule has 0 aliphatic heterocycles. The minimum atomic E-state index is -0.758. The van der Waals surface area contributed by atoms with Crippen LogP contribution in [-0.4, -0.2) is 37.2 Å². The minimum absolute atomic E-state index is 0.0666. The summed E-state index contributed by atoms with van der Waals surface area (Å²) < 4.78 is 16.6. The summed E-state index contributed by atoms with van der Waals surface area (Å²) in [6, 6.07) is 0. The van der Waals surface area contributed by atoms with Crippen molar-refractivity contribution in [3.63, 3.8) is 0 Å². The zero-order chi connectivity index (χ0) is 36.2. The smallest absolute Gasteiger partial charge is 0.306 e. The molecule has 1 atom stereocenters. The monoisotopic (exact) mass is 695 g/mol. The molecule has 6 heteroatoms. The zero-order valence-electron chi connectivity index (χ0n) is 33.3. The first kappa shape index (κ1) is 47.4. The predicted molar refractivity (Wildman–Crippen MR) is 206 cm³/mol. The van der Waals surface area contributed by atoms with Crippen molar-refractivity contribution in [3.05, 3.63) is 0 Å². The summed E-state index contributed by atoms with van der Waals surface area (Å²) in [6.45, 7) is 11.2. The van der Waals surface area contributed by atoms with E-state index in [9.17, 15) is 14.4 Å². The van der Waals surface area contributed by atoms with Crippen LogP contribution in [0.15, 0.2) is 0 Å². The fourth-order valence-electron chi connectivity index (χ4n) is 6.22. The second kappa shape index (κ2) is 36.2. The summed E-state index contributed by atoms with van der Waals surface area (Å²) in [5.41, 5.74) is 0. The predicted octanol–water partition coefficient (Wildman–Crippen LogP) is 13.0. The van der Waals surface area contributed by atoms with E-state index in [1.165, 1.54) is 109 Å². The van der Waals surface area contributed by atoms with Crippen LogP contribution in [0.5, 0.6) is 0 Å². The highest BCUT2D eigenvalue weighted by Crippen LogP contribution is 2.16. The molecule has 0 amide bonds. The van der Waals surface area contributed by atoms with Crippen LogP contribution in [0.1, 0.15) is 227 Å². The van der Waals surface area contributed by atoms with Gasteiger partial charge in [0.15, 0.2) is 6.10 Å². The highest BCUT2D eigenvalue weighted by molar-refractivity contribution is 5.71. The van der Waals surface area contributed by atoms with Gasteiger partial charge in [-0.1, -0.05) is 189 Å². The maximum Gasteiger partial charge on any atom is 0.306 e. The molecule has 0 saturated carbocycles. The lowest BCUT2D eigenvalue weighted by atomic mass is 10.0. The fraction of sp³-hybridized carbons (Fsp3) is 0.930. The Hall–Kier alpha value is -1.59. The topological polar surface area (TPSA) is 78.9 Å². The maximum absolute atomic E-state index is 12.6. The number of hydrogen-bond donors (Lipinski definition) is 0. The van der Waals surface area contributed by atoms with Crippen molar-refractivity contribution in [3.8, 4) is 0 Å². The lowest BCUT2D eigenvalue weighted by molar-refractivity contribution is -0.167. The van der Waals surface area contributed by atoms with Gasteiger partial charge >= 0.3 is 17.9 Å². The van der Waals surface area contributed by atoms with Crippen molar-refractivity contribution in [1.82, 2.24) is 0 Å². The first-order chi connectivity index (χ1) is 23.7. The molecule has 0 heterocycles. The molecule has 0 saturated heterocycles. The third-order valence-electron chi connectivity index (χ3n) is 9.47. The van der Waals surface area contributed by atoms with Crippen LogP contribution in [0.4, 0.5) is 0 Å². The summed E-state index contributed by atoms with van der Waals surface area (Å²) in [6.07, 6.45) is 32.6. The molecule has 290 valence electrons. The number of rotatable bonds is 37. The number of hydrogen-bond acceptors (Lipinski definition) is 6. The Morgan fingerprint density at radius 2 is 0.673 bits per heavy atom. The van der Waals surface area contributed by atoms with Gasteiger partial charge in [-0.15, -0.1) is 0 Å². The molecule has 0 N–H and O–H groups in total. The number of ether oxygens (including phenoxy) is 3. The molecule has 0 bridgehead atoms. The largest absolute Gasteiger partial charge is 0.462 e. The van der Waals surface area contributed by atoms with Crippen LogP contribution in [0.2, 0.25) is 0 Å². The van der Waals surface area contributed by atoms with Gasteiger partial charge in [0.2, 0.25) is 0 Å². The van der Waals surface area contributed by atoms with E-state index in [-0.39, 0.29) is 31.1 Å². The molecule has 0 radical (unpaired) electrons. The quantitative estimate of drug-likeness (QED) is 0.0366. The summed E-state index contributed by atoms with van der Waals surface area (Å²) >= 11 is 0. The number of esters is 3. The minimum Gasteiger partial charge on any atom is -0.462 e. The molecule has 0 aliphatic rings. The summed E-state index contributed by atoms with van der Waals surface area (Å²) in [5, 5.41) is 0. The van der Waals surface area contributed by atoms with Gasteiger partial charge in [-0.25, -0.2) is 0 Å². The van der Waals surface area contributed by atoms with Crippen molar-refractivity contribution in [2.75, 3.05) is 13.2 Å². The van der Waals surface area contributed by atoms with E-state index in [0.29, 0.717) is 19.3 Å². The number of carbonyl (C=O) groups is 3. The van der Waals surface area contributed by atoms with E-state index in [1.807, 2.05) is 0 Å². The standard InChI is InChI=1S/C43H82O6/c1-6-7-8-21-28-33-41(44)47-36-40(37-48-42(45)34-29-24-19-16-12-14-18-23-27-32-39(4)5)49-43(46)35-30-25-20-15-11-9-10-13-17-22-26-31-38(2)3/h38-40H,6-37H2,1-5H3/t40-/m0/s1. The van der Waals surface area contributed by atoms with Crippen molar-refractivity contribution in [1.29, 1.82) is 0 Å². The average molecular weight is 695 g/mol. The van der Waals surface area contributed by atoms with Gasteiger partial charge in [0, 0.05) is 19.3 Å². The van der Waals surface area contributed by atoms with E-state index in [4.69, 9.17) is 14.2 Å².